The van der Waals surface area contributed by atoms with Crippen molar-refractivity contribution in [3.05, 3.63) is 0 Å². The zero-order chi connectivity index (χ0) is 9.68. The van der Waals surface area contributed by atoms with Crippen LogP contribution in [0.4, 0.5) is 0 Å². The minimum Gasteiger partial charge on any atom is -0.355 e. The maximum Gasteiger partial charge on any atom is 0.233 e. The minimum atomic E-state index is 0.102. The lowest BCUT2D eigenvalue weighted by atomic mass is 10.1. The molecule has 1 fully saturated rings. The molecule has 1 unspecified atom stereocenters. The average molecular weight is 184 g/mol. The molecule has 1 rings (SSSR count). The summed E-state index contributed by atoms with van der Waals surface area (Å²) in [7, 11) is 0. The van der Waals surface area contributed by atoms with Crippen LogP contribution in [-0.4, -0.2) is 25.0 Å². The third-order valence-corrected chi connectivity index (χ3v) is 2.37. The van der Waals surface area contributed by atoms with Crippen LogP contribution in [-0.2, 0) is 4.79 Å². The number of rotatable bonds is 6. The largest absolute Gasteiger partial charge is 0.355 e. The minimum absolute atomic E-state index is 0.102. The van der Waals surface area contributed by atoms with E-state index in [4.69, 9.17) is 0 Å². The van der Waals surface area contributed by atoms with E-state index in [0.717, 1.165) is 12.5 Å². The molecule has 13 heavy (non-hydrogen) atoms. The Hall–Kier alpha value is -0.570. The Balaban J connectivity index is 1.99. The highest BCUT2D eigenvalue weighted by Crippen LogP contribution is 2.33. The van der Waals surface area contributed by atoms with Crippen LogP contribution in [0.25, 0.3) is 0 Å². The Labute approximate surface area is 80.3 Å². The van der Waals surface area contributed by atoms with Crippen LogP contribution in [0.3, 0.4) is 0 Å². The summed E-state index contributed by atoms with van der Waals surface area (Å²) in [6.45, 7) is 5.27. The second-order valence-corrected chi connectivity index (χ2v) is 3.91. The van der Waals surface area contributed by atoms with Gasteiger partial charge in [-0.2, -0.15) is 0 Å². The topological polar surface area (TPSA) is 41.1 Å². The second kappa shape index (κ2) is 5.22. The van der Waals surface area contributed by atoms with Crippen LogP contribution < -0.4 is 10.6 Å². The van der Waals surface area contributed by atoms with Gasteiger partial charge in [0.1, 0.15) is 0 Å². The zero-order valence-corrected chi connectivity index (χ0v) is 8.60. The molecule has 0 heterocycles. The molecule has 0 aromatic rings. The lowest BCUT2D eigenvalue weighted by molar-refractivity contribution is -0.120. The van der Waals surface area contributed by atoms with Gasteiger partial charge in [-0.15, -0.1) is 0 Å². The van der Waals surface area contributed by atoms with Crippen molar-refractivity contribution >= 4 is 5.91 Å². The molecule has 76 valence electrons. The van der Waals surface area contributed by atoms with Gasteiger partial charge in [0.05, 0.1) is 6.54 Å². The summed E-state index contributed by atoms with van der Waals surface area (Å²) in [5, 5.41) is 5.99. The summed E-state index contributed by atoms with van der Waals surface area (Å²) in [4.78, 5) is 11.1. The number of amides is 1. The summed E-state index contributed by atoms with van der Waals surface area (Å²) in [5.41, 5.74) is 0. The molecular formula is C10H20N2O. The first-order chi connectivity index (χ1) is 6.22. The predicted molar refractivity (Wildman–Crippen MR) is 53.5 cm³/mol. The van der Waals surface area contributed by atoms with Crippen molar-refractivity contribution in [1.29, 1.82) is 0 Å². The van der Waals surface area contributed by atoms with Gasteiger partial charge in [0.25, 0.3) is 0 Å². The number of nitrogens with one attached hydrogen (secondary N) is 2. The van der Waals surface area contributed by atoms with Gasteiger partial charge < -0.3 is 10.6 Å². The Morgan fingerprint density at radius 3 is 2.77 bits per heavy atom. The van der Waals surface area contributed by atoms with Gasteiger partial charge in [0, 0.05) is 12.6 Å². The van der Waals surface area contributed by atoms with E-state index in [2.05, 4.69) is 17.6 Å². The van der Waals surface area contributed by atoms with E-state index in [1.807, 2.05) is 6.92 Å². The van der Waals surface area contributed by atoms with Gasteiger partial charge in [-0.05, 0) is 26.2 Å². The van der Waals surface area contributed by atoms with E-state index >= 15 is 0 Å². The summed E-state index contributed by atoms with van der Waals surface area (Å²) in [5.74, 6) is 1.03. The second-order valence-electron chi connectivity index (χ2n) is 3.91. The third-order valence-electron chi connectivity index (χ3n) is 2.37. The summed E-state index contributed by atoms with van der Waals surface area (Å²) in [6.07, 6.45) is 3.99. The van der Waals surface area contributed by atoms with Crippen LogP contribution >= 0.6 is 0 Å². The first kappa shape index (κ1) is 10.5. The molecule has 0 aromatic carbocycles. The molecule has 0 aliphatic heterocycles. The van der Waals surface area contributed by atoms with Gasteiger partial charge in [-0.25, -0.2) is 0 Å². The zero-order valence-electron chi connectivity index (χ0n) is 8.60. The fourth-order valence-electron chi connectivity index (χ4n) is 1.46. The highest BCUT2D eigenvalue weighted by atomic mass is 16.1. The number of hydrogen-bond donors (Lipinski definition) is 2. The molecule has 0 spiro atoms. The van der Waals surface area contributed by atoms with Gasteiger partial charge >= 0.3 is 0 Å². The normalized spacial score (nSPS) is 18.3. The number of hydrogen-bond acceptors (Lipinski definition) is 2. The van der Waals surface area contributed by atoms with Gasteiger partial charge in [0.15, 0.2) is 0 Å². The van der Waals surface area contributed by atoms with Crippen molar-refractivity contribution in [2.45, 2.75) is 39.2 Å². The molecule has 0 bridgehead atoms. The van der Waals surface area contributed by atoms with E-state index in [0.29, 0.717) is 12.6 Å². The highest BCUT2D eigenvalue weighted by molar-refractivity contribution is 5.77. The highest BCUT2D eigenvalue weighted by Gasteiger charge is 2.23. The van der Waals surface area contributed by atoms with E-state index in [9.17, 15) is 4.79 Å². The van der Waals surface area contributed by atoms with E-state index < -0.39 is 0 Å². The molecule has 1 aliphatic rings. The van der Waals surface area contributed by atoms with Crippen molar-refractivity contribution in [1.82, 2.24) is 10.6 Å². The molecule has 1 amide bonds. The quantitative estimate of drug-likeness (QED) is 0.644. The maximum absolute atomic E-state index is 11.1. The summed E-state index contributed by atoms with van der Waals surface area (Å²) in [6, 6.07) is 0.482. The van der Waals surface area contributed by atoms with Gasteiger partial charge in [0.2, 0.25) is 5.91 Å². The Morgan fingerprint density at radius 1 is 1.54 bits per heavy atom. The Morgan fingerprint density at radius 2 is 2.23 bits per heavy atom. The molecular weight excluding hydrogens is 164 g/mol. The van der Waals surface area contributed by atoms with Crippen LogP contribution in [0, 0.1) is 5.92 Å². The van der Waals surface area contributed by atoms with Crippen LogP contribution in [0.2, 0.25) is 0 Å². The molecule has 1 atom stereocenters. The SMILES string of the molecule is CCNC(=O)CNC(C)CC1CC1. The van der Waals surface area contributed by atoms with Crippen molar-refractivity contribution in [2.24, 2.45) is 5.92 Å². The standard InChI is InChI=1S/C10H20N2O/c1-3-11-10(13)7-12-8(2)6-9-4-5-9/h8-9,12H,3-7H2,1-2H3,(H,11,13). The summed E-state index contributed by atoms with van der Waals surface area (Å²) < 4.78 is 0. The van der Waals surface area contributed by atoms with Gasteiger partial charge in [-0.3, -0.25) is 4.79 Å². The van der Waals surface area contributed by atoms with E-state index in [1.165, 1.54) is 19.3 Å². The van der Waals surface area contributed by atoms with Gasteiger partial charge in [-0.1, -0.05) is 12.8 Å². The maximum atomic E-state index is 11.1. The average Bonchev–Trinajstić information content (AvgIpc) is 2.85. The molecule has 1 saturated carbocycles. The first-order valence-electron chi connectivity index (χ1n) is 5.22. The van der Waals surface area contributed by atoms with Crippen LogP contribution in [0.1, 0.15) is 33.1 Å². The van der Waals surface area contributed by atoms with Crippen molar-refractivity contribution in [3.63, 3.8) is 0 Å². The molecule has 3 nitrogen and oxygen atoms in total. The molecule has 2 N–H and O–H groups in total. The van der Waals surface area contributed by atoms with Crippen molar-refractivity contribution in [2.75, 3.05) is 13.1 Å². The van der Waals surface area contributed by atoms with Crippen LogP contribution in [0.15, 0.2) is 0 Å². The van der Waals surface area contributed by atoms with Crippen molar-refractivity contribution < 1.29 is 4.79 Å². The fourth-order valence-corrected chi connectivity index (χ4v) is 1.46. The van der Waals surface area contributed by atoms with Crippen LogP contribution in [0.5, 0.6) is 0 Å². The smallest absolute Gasteiger partial charge is 0.233 e. The van der Waals surface area contributed by atoms with E-state index in [1.54, 1.807) is 0 Å². The summed E-state index contributed by atoms with van der Waals surface area (Å²) >= 11 is 0. The lowest BCUT2D eigenvalue weighted by Crippen LogP contribution is -2.38. The fraction of sp³-hybridized carbons (Fsp3) is 0.900. The molecule has 0 saturated heterocycles. The monoisotopic (exact) mass is 184 g/mol. The van der Waals surface area contributed by atoms with E-state index in [-0.39, 0.29) is 5.91 Å². The number of carbonyl (C=O) groups is 1. The molecule has 1 aliphatic carbocycles. The Bertz CT molecular complexity index is 166. The molecule has 3 heteroatoms. The lowest BCUT2D eigenvalue weighted by Gasteiger charge is -2.12. The number of likely N-dealkylation sites (N-methyl/N-ethyl adjacent to an activating group) is 1. The third kappa shape index (κ3) is 4.88. The number of carbonyl (C=O) groups excluding carboxylic acids is 1. The van der Waals surface area contributed by atoms with Crippen molar-refractivity contribution in [3.8, 4) is 0 Å². The molecule has 0 radical (unpaired) electrons. The Kier molecular flexibility index (Phi) is 4.22. The first-order valence-corrected chi connectivity index (χ1v) is 5.22. The predicted octanol–water partition coefficient (Wildman–Crippen LogP) is 0.901. The molecule has 0 aromatic heterocycles.